The van der Waals surface area contributed by atoms with Crippen molar-refractivity contribution in [2.45, 2.75) is 43.5 Å². The van der Waals surface area contributed by atoms with E-state index in [2.05, 4.69) is 12.2 Å². The second-order valence-corrected chi connectivity index (χ2v) is 8.08. The van der Waals surface area contributed by atoms with Gasteiger partial charge in [0.1, 0.15) is 5.82 Å². The summed E-state index contributed by atoms with van der Waals surface area (Å²) in [5.74, 6) is -0.757. The maximum absolute atomic E-state index is 13.9. The van der Waals surface area contributed by atoms with Crippen molar-refractivity contribution in [3.8, 4) is 0 Å². The second-order valence-electron chi connectivity index (χ2n) is 5.51. The summed E-state index contributed by atoms with van der Waals surface area (Å²) < 4.78 is 36.1. The minimum Gasteiger partial charge on any atom is -0.349 e. The summed E-state index contributed by atoms with van der Waals surface area (Å²) >= 11 is 0. The van der Waals surface area contributed by atoms with Crippen molar-refractivity contribution in [3.63, 3.8) is 0 Å². The van der Waals surface area contributed by atoms with Crippen LogP contribution in [0.3, 0.4) is 0 Å². The highest BCUT2D eigenvalue weighted by atomic mass is 35.7. The van der Waals surface area contributed by atoms with Crippen LogP contribution in [0.15, 0.2) is 23.1 Å². The first kappa shape index (κ1) is 16.2. The third-order valence-corrected chi connectivity index (χ3v) is 5.17. The van der Waals surface area contributed by atoms with Crippen molar-refractivity contribution >= 4 is 25.6 Å². The van der Waals surface area contributed by atoms with Gasteiger partial charge in [0, 0.05) is 16.7 Å². The Morgan fingerprint density at radius 2 is 1.90 bits per heavy atom. The van der Waals surface area contributed by atoms with Crippen LogP contribution >= 0.6 is 10.7 Å². The first-order valence-electron chi connectivity index (χ1n) is 6.82. The summed E-state index contributed by atoms with van der Waals surface area (Å²) in [6.07, 6.45) is 3.83. The lowest BCUT2D eigenvalue weighted by molar-refractivity contribution is 0.0918. The van der Waals surface area contributed by atoms with E-state index < -0.39 is 20.8 Å². The Hall–Kier alpha value is -1.14. The minimum absolute atomic E-state index is 0.0459. The summed E-state index contributed by atoms with van der Waals surface area (Å²) in [6, 6.07) is 3.08. The van der Waals surface area contributed by atoms with Gasteiger partial charge in [0.05, 0.1) is 10.5 Å². The lowest BCUT2D eigenvalue weighted by Gasteiger charge is -2.26. The van der Waals surface area contributed by atoms with Gasteiger partial charge in [0.15, 0.2) is 0 Å². The summed E-state index contributed by atoms with van der Waals surface area (Å²) in [5.41, 5.74) is -0.169. The maximum Gasteiger partial charge on any atom is 0.261 e. The van der Waals surface area contributed by atoms with E-state index in [0.29, 0.717) is 5.92 Å². The molecule has 0 aliphatic heterocycles. The van der Waals surface area contributed by atoms with Gasteiger partial charge in [-0.25, -0.2) is 12.8 Å². The Bertz CT molecular complexity index is 640. The highest BCUT2D eigenvalue weighted by Crippen LogP contribution is 2.24. The minimum atomic E-state index is -4.00. The molecule has 0 saturated heterocycles. The van der Waals surface area contributed by atoms with E-state index in [1.54, 1.807) is 0 Å². The molecule has 0 aromatic heterocycles. The molecular weight excluding hydrogens is 317 g/mol. The third-order valence-electron chi connectivity index (χ3n) is 3.82. The predicted octanol–water partition coefficient (Wildman–Crippen LogP) is 3.06. The Kier molecular flexibility index (Phi) is 4.88. The number of halogens is 2. The Labute approximate surface area is 128 Å². The van der Waals surface area contributed by atoms with Gasteiger partial charge in [-0.2, -0.15) is 0 Å². The number of rotatable bonds is 3. The summed E-state index contributed by atoms with van der Waals surface area (Å²) in [7, 11) is 1.14. The van der Waals surface area contributed by atoms with E-state index >= 15 is 0 Å². The molecule has 1 fully saturated rings. The largest absolute Gasteiger partial charge is 0.349 e. The van der Waals surface area contributed by atoms with Gasteiger partial charge in [-0.1, -0.05) is 6.92 Å². The van der Waals surface area contributed by atoms with Crippen LogP contribution in [-0.2, 0) is 9.05 Å². The molecule has 7 heteroatoms. The predicted molar refractivity (Wildman–Crippen MR) is 78.3 cm³/mol. The molecule has 0 heterocycles. The molecule has 1 aromatic carbocycles. The van der Waals surface area contributed by atoms with Crippen molar-refractivity contribution < 1.29 is 17.6 Å². The molecule has 1 saturated carbocycles. The van der Waals surface area contributed by atoms with Gasteiger partial charge in [0.25, 0.3) is 15.0 Å². The van der Waals surface area contributed by atoms with Crippen LogP contribution in [0.25, 0.3) is 0 Å². The van der Waals surface area contributed by atoms with Crippen LogP contribution in [-0.4, -0.2) is 20.4 Å². The van der Waals surface area contributed by atoms with E-state index in [-0.39, 0.29) is 16.5 Å². The second kappa shape index (κ2) is 6.32. The monoisotopic (exact) mass is 333 g/mol. The van der Waals surface area contributed by atoms with Crippen LogP contribution in [0.5, 0.6) is 0 Å². The molecule has 21 heavy (non-hydrogen) atoms. The zero-order chi connectivity index (χ0) is 15.6. The van der Waals surface area contributed by atoms with Crippen molar-refractivity contribution in [2.24, 2.45) is 5.92 Å². The number of hydrogen-bond acceptors (Lipinski definition) is 3. The molecule has 1 amide bonds. The molecule has 1 aliphatic carbocycles. The fourth-order valence-electron chi connectivity index (χ4n) is 2.50. The average molecular weight is 334 g/mol. The maximum atomic E-state index is 13.9. The molecule has 0 spiro atoms. The van der Waals surface area contributed by atoms with Crippen LogP contribution in [0.1, 0.15) is 43.0 Å². The van der Waals surface area contributed by atoms with E-state index in [9.17, 15) is 17.6 Å². The number of nitrogens with one attached hydrogen (secondary N) is 1. The zero-order valence-electron chi connectivity index (χ0n) is 11.6. The first-order chi connectivity index (χ1) is 9.77. The summed E-state index contributed by atoms with van der Waals surface area (Å²) in [5, 5.41) is 2.79. The smallest absolute Gasteiger partial charge is 0.261 e. The Morgan fingerprint density at radius 1 is 1.29 bits per heavy atom. The van der Waals surface area contributed by atoms with Gasteiger partial charge >= 0.3 is 0 Å². The molecule has 2 rings (SSSR count). The third kappa shape index (κ3) is 4.17. The lowest BCUT2D eigenvalue weighted by Crippen LogP contribution is -2.37. The molecule has 1 N–H and O–H groups in total. The fourth-order valence-corrected chi connectivity index (χ4v) is 3.26. The van der Waals surface area contributed by atoms with Crippen molar-refractivity contribution in [1.82, 2.24) is 5.32 Å². The van der Waals surface area contributed by atoms with Crippen molar-refractivity contribution in [1.29, 1.82) is 0 Å². The van der Waals surface area contributed by atoms with E-state index in [0.717, 1.165) is 43.9 Å². The Morgan fingerprint density at radius 3 is 2.43 bits per heavy atom. The SMILES string of the molecule is CC1CCC(NC(=O)c2ccc(S(=O)(=O)Cl)cc2F)CC1. The van der Waals surface area contributed by atoms with Crippen molar-refractivity contribution in [3.05, 3.63) is 29.6 Å². The molecule has 1 aliphatic rings. The molecule has 1 aromatic rings. The van der Waals surface area contributed by atoms with Crippen LogP contribution in [0, 0.1) is 11.7 Å². The normalized spacial score (nSPS) is 22.8. The highest BCUT2D eigenvalue weighted by Gasteiger charge is 2.22. The molecule has 0 atom stereocenters. The summed E-state index contributed by atoms with van der Waals surface area (Å²) in [6.45, 7) is 2.17. The number of hydrogen-bond donors (Lipinski definition) is 1. The number of carbonyl (C=O) groups excluding carboxylic acids is 1. The molecule has 0 bridgehead atoms. The standard InChI is InChI=1S/C14H17ClFNO3S/c1-9-2-4-10(5-3-9)17-14(18)12-7-6-11(8-13(12)16)21(15,19)20/h6-10H,2-5H2,1H3,(H,17,18). The van der Waals surface area contributed by atoms with Crippen LogP contribution in [0.4, 0.5) is 4.39 Å². The van der Waals surface area contributed by atoms with Gasteiger partial charge in [-0.15, -0.1) is 0 Å². The first-order valence-corrected chi connectivity index (χ1v) is 9.13. The van der Waals surface area contributed by atoms with E-state index in [1.165, 1.54) is 0 Å². The van der Waals surface area contributed by atoms with Crippen molar-refractivity contribution in [2.75, 3.05) is 0 Å². The molecule has 0 radical (unpaired) electrons. The summed E-state index contributed by atoms with van der Waals surface area (Å²) in [4.78, 5) is 11.7. The lowest BCUT2D eigenvalue weighted by atomic mass is 9.87. The number of amides is 1. The number of benzene rings is 1. The molecular formula is C14H17ClFNO3S. The topological polar surface area (TPSA) is 63.2 Å². The number of carbonyl (C=O) groups is 1. The fraction of sp³-hybridized carbons (Fsp3) is 0.500. The zero-order valence-corrected chi connectivity index (χ0v) is 13.2. The van der Waals surface area contributed by atoms with Gasteiger partial charge < -0.3 is 5.32 Å². The van der Waals surface area contributed by atoms with Gasteiger partial charge in [-0.3, -0.25) is 4.79 Å². The van der Waals surface area contributed by atoms with Gasteiger partial charge in [-0.05, 0) is 49.8 Å². The average Bonchev–Trinajstić information content (AvgIpc) is 2.40. The van der Waals surface area contributed by atoms with Gasteiger partial charge in [0.2, 0.25) is 0 Å². The molecule has 0 unspecified atom stereocenters. The molecule has 4 nitrogen and oxygen atoms in total. The van der Waals surface area contributed by atoms with Crippen LogP contribution < -0.4 is 5.32 Å². The van der Waals surface area contributed by atoms with Crippen LogP contribution in [0.2, 0.25) is 0 Å². The van der Waals surface area contributed by atoms with E-state index in [4.69, 9.17) is 10.7 Å². The quantitative estimate of drug-likeness (QED) is 0.865. The van der Waals surface area contributed by atoms with E-state index in [1.807, 2.05) is 0 Å². The Balaban J connectivity index is 2.09. The molecule has 116 valence electrons. The highest BCUT2D eigenvalue weighted by molar-refractivity contribution is 8.13.